The number of piperidine rings is 1. The molecule has 0 bridgehead atoms. The molecule has 2 aromatic heterocycles. The quantitative estimate of drug-likeness (QED) is 0.219. The van der Waals surface area contributed by atoms with E-state index in [2.05, 4.69) is 9.88 Å². The number of fused-ring (bicyclic) bond motifs is 1. The summed E-state index contributed by atoms with van der Waals surface area (Å²) in [6.45, 7) is 6.06. The number of halogens is 4. The lowest BCUT2D eigenvalue weighted by Crippen LogP contribution is -2.43. The van der Waals surface area contributed by atoms with Gasteiger partial charge >= 0.3 is 6.18 Å². The molecule has 1 saturated heterocycles. The van der Waals surface area contributed by atoms with Gasteiger partial charge in [-0.15, -0.1) is 0 Å². The summed E-state index contributed by atoms with van der Waals surface area (Å²) in [6, 6.07) is 12.0. The number of nitrogens with zero attached hydrogens (tertiary/aromatic N) is 5. The Labute approximate surface area is 258 Å². The normalized spacial score (nSPS) is 15.3. The second-order valence-corrected chi connectivity index (χ2v) is 11.4. The number of ether oxygens (including phenoxy) is 1. The maximum absolute atomic E-state index is 14.0. The van der Waals surface area contributed by atoms with Crippen molar-refractivity contribution < 1.29 is 27.1 Å². The van der Waals surface area contributed by atoms with Gasteiger partial charge in [-0.2, -0.15) is 13.2 Å². The van der Waals surface area contributed by atoms with E-state index in [1.54, 1.807) is 48.2 Å². The molecule has 5 rings (SSSR count). The van der Waals surface area contributed by atoms with E-state index in [0.717, 1.165) is 32.0 Å². The lowest BCUT2D eigenvalue weighted by Gasteiger charge is -2.36. The lowest BCUT2D eigenvalue weighted by atomic mass is 9.95. The van der Waals surface area contributed by atoms with Gasteiger partial charge in [0.1, 0.15) is 17.4 Å². The van der Waals surface area contributed by atoms with E-state index in [1.165, 1.54) is 16.8 Å². The molecule has 3 heterocycles. The zero-order valence-corrected chi connectivity index (χ0v) is 25.4. The summed E-state index contributed by atoms with van der Waals surface area (Å²) in [4.78, 5) is 40.8. The smallest absolute Gasteiger partial charge is 0.419 e. The first-order chi connectivity index (χ1) is 21.5. The standard InChI is InChI=1S/C33H35F4N5O3/c1-4-45-25-10-8-24(9-11-25)42-31(39-30-26(32(42)44)6-5-15-38-30)21(2)41(20-22-13-16-40(3)17-14-22)29(43)19-23-7-12-28(34)27(18-23)33(35,36)37/h5-12,15,18,21-22H,4,13-14,16-17,19-20H2,1-3H3. The van der Waals surface area contributed by atoms with Crippen molar-refractivity contribution in [2.75, 3.05) is 33.3 Å². The zero-order chi connectivity index (χ0) is 32.3. The van der Waals surface area contributed by atoms with Gasteiger partial charge in [0.15, 0.2) is 5.65 Å². The molecule has 0 aliphatic carbocycles. The number of rotatable bonds is 9. The van der Waals surface area contributed by atoms with Gasteiger partial charge in [0.05, 0.1) is 35.7 Å². The Hall–Kier alpha value is -4.32. The van der Waals surface area contributed by atoms with E-state index >= 15 is 0 Å². The SMILES string of the molecule is CCOc1ccc(-n2c(C(C)N(CC3CCN(C)CC3)C(=O)Cc3ccc(F)c(C(F)(F)F)c3)nc3ncccc3c2=O)cc1. The topological polar surface area (TPSA) is 80.6 Å². The molecular weight excluding hydrogens is 590 g/mol. The van der Waals surface area contributed by atoms with Crippen LogP contribution in [0.1, 0.15) is 49.7 Å². The minimum atomic E-state index is -4.90. The monoisotopic (exact) mass is 625 g/mol. The van der Waals surface area contributed by atoms with Crippen LogP contribution in [0.15, 0.2) is 65.6 Å². The molecule has 0 radical (unpaired) electrons. The summed E-state index contributed by atoms with van der Waals surface area (Å²) in [6.07, 6.45) is -2.13. The highest BCUT2D eigenvalue weighted by Crippen LogP contribution is 2.33. The van der Waals surface area contributed by atoms with Gasteiger partial charge in [-0.25, -0.2) is 14.4 Å². The predicted molar refractivity (Wildman–Crippen MR) is 162 cm³/mol. The highest BCUT2D eigenvalue weighted by molar-refractivity contribution is 5.79. The van der Waals surface area contributed by atoms with Crippen molar-refractivity contribution in [2.45, 2.75) is 45.3 Å². The maximum atomic E-state index is 14.0. The third kappa shape index (κ3) is 7.16. The average Bonchev–Trinajstić information content (AvgIpc) is 3.01. The summed E-state index contributed by atoms with van der Waals surface area (Å²) in [7, 11) is 2.02. The first-order valence-corrected chi connectivity index (χ1v) is 14.9. The molecule has 1 unspecified atom stereocenters. The fourth-order valence-corrected chi connectivity index (χ4v) is 5.74. The Morgan fingerprint density at radius 1 is 1.11 bits per heavy atom. The largest absolute Gasteiger partial charge is 0.494 e. The summed E-state index contributed by atoms with van der Waals surface area (Å²) < 4.78 is 61.4. The van der Waals surface area contributed by atoms with Crippen molar-refractivity contribution in [1.29, 1.82) is 0 Å². The number of amides is 1. The molecule has 0 saturated carbocycles. The van der Waals surface area contributed by atoms with Gasteiger partial charge in [-0.05, 0) is 107 Å². The molecule has 45 heavy (non-hydrogen) atoms. The second-order valence-electron chi connectivity index (χ2n) is 11.4. The van der Waals surface area contributed by atoms with Gasteiger partial charge in [-0.3, -0.25) is 14.2 Å². The number of hydrogen-bond donors (Lipinski definition) is 0. The van der Waals surface area contributed by atoms with Crippen LogP contribution in [0, 0.1) is 11.7 Å². The Balaban J connectivity index is 1.58. The van der Waals surface area contributed by atoms with Crippen LogP contribution in [-0.4, -0.2) is 63.5 Å². The van der Waals surface area contributed by atoms with Crippen LogP contribution in [-0.2, 0) is 17.4 Å². The first-order valence-electron chi connectivity index (χ1n) is 14.9. The number of carbonyl (C=O) groups excluding carboxylic acids is 1. The van der Waals surface area contributed by atoms with Crippen molar-refractivity contribution in [3.05, 3.63) is 93.9 Å². The Morgan fingerprint density at radius 3 is 2.49 bits per heavy atom. The molecule has 8 nitrogen and oxygen atoms in total. The minimum Gasteiger partial charge on any atom is -0.494 e. The molecule has 1 fully saturated rings. The highest BCUT2D eigenvalue weighted by atomic mass is 19.4. The molecule has 1 amide bonds. The summed E-state index contributed by atoms with van der Waals surface area (Å²) in [5, 5.41) is 0.293. The summed E-state index contributed by atoms with van der Waals surface area (Å²) in [5.41, 5.74) is -1.05. The Kier molecular flexibility index (Phi) is 9.52. The lowest BCUT2D eigenvalue weighted by molar-refractivity contribution is -0.140. The molecule has 12 heteroatoms. The van der Waals surface area contributed by atoms with Crippen LogP contribution in [0.2, 0.25) is 0 Å². The van der Waals surface area contributed by atoms with Gasteiger partial charge in [0, 0.05) is 12.7 Å². The van der Waals surface area contributed by atoms with Crippen LogP contribution in [0.5, 0.6) is 5.75 Å². The Bertz CT molecular complexity index is 1720. The molecular formula is C33H35F4N5O3. The molecule has 0 N–H and O–H groups in total. The number of benzene rings is 2. The maximum Gasteiger partial charge on any atom is 0.419 e. The first kappa shape index (κ1) is 32.1. The van der Waals surface area contributed by atoms with E-state index in [0.29, 0.717) is 36.0 Å². The number of carbonyl (C=O) groups is 1. The minimum absolute atomic E-state index is 0.0337. The molecule has 1 aliphatic rings. The zero-order valence-electron chi connectivity index (χ0n) is 25.4. The summed E-state index contributed by atoms with van der Waals surface area (Å²) in [5.74, 6) is -0.865. The fraction of sp³-hybridized carbons (Fsp3) is 0.394. The summed E-state index contributed by atoms with van der Waals surface area (Å²) >= 11 is 0. The third-order valence-electron chi connectivity index (χ3n) is 8.22. The third-order valence-corrected chi connectivity index (χ3v) is 8.22. The predicted octanol–water partition coefficient (Wildman–Crippen LogP) is 5.81. The molecule has 1 aliphatic heterocycles. The molecule has 2 aromatic carbocycles. The van der Waals surface area contributed by atoms with Crippen molar-refractivity contribution in [3.8, 4) is 11.4 Å². The highest BCUT2D eigenvalue weighted by Gasteiger charge is 2.35. The van der Waals surface area contributed by atoms with E-state index < -0.39 is 29.5 Å². The van der Waals surface area contributed by atoms with E-state index in [4.69, 9.17) is 9.72 Å². The number of pyridine rings is 1. The van der Waals surface area contributed by atoms with Crippen LogP contribution < -0.4 is 10.3 Å². The van der Waals surface area contributed by atoms with Gasteiger partial charge in [-0.1, -0.05) is 6.07 Å². The average molecular weight is 626 g/mol. The van der Waals surface area contributed by atoms with E-state index in [1.807, 2.05) is 14.0 Å². The fourth-order valence-electron chi connectivity index (χ4n) is 5.74. The van der Waals surface area contributed by atoms with Crippen LogP contribution in [0.3, 0.4) is 0 Å². The van der Waals surface area contributed by atoms with Crippen molar-refractivity contribution in [2.24, 2.45) is 5.92 Å². The van der Waals surface area contributed by atoms with Crippen LogP contribution in [0.4, 0.5) is 17.6 Å². The van der Waals surface area contributed by atoms with Crippen molar-refractivity contribution in [3.63, 3.8) is 0 Å². The van der Waals surface area contributed by atoms with Crippen LogP contribution in [0.25, 0.3) is 16.7 Å². The molecule has 1 atom stereocenters. The number of hydrogen-bond acceptors (Lipinski definition) is 6. The van der Waals surface area contributed by atoms with E-state index in [9.17, 15) is 27.2 Å². The van der Waals surface area contributed by atoms with Gasteiger partial charge in [0.25, 0.3) is 5.56 Å². The number of alkyl halides is 3. The molecule has 0 spiro atoms. The van der Waals surface area contributed by atoms with Crippen LogP contribution >= 0.6 is 0 Å². The number of aromatic nitrogens is 3. The van der Waals surface area contributed by atoms with Gasteiger partial charge < -0.3 is 14.5 Å². The number of likely N-dealkylation sites (tertiary alicyclic amines) is 1. The molecule has 238 valence electrons. The second kappa shape index (κ2) is 13.4. The van der Waals surface area contributed by atoms with Crippen molar-refractivity contribution >= 4 is 16.9 Å². The van der Waals surface area contributed by atoms with Crippen molar-refractivity contribution in [1.82, 2.24) is 24.3 Å². The van der Waals surface area contributed by atoms with Gasteiger partial charge in [0.2, 0.25) is 5.91 Å². The Morgan fingerprint density at radius 2 is 1.82 bits per heavy atom. The van der Waals surface area contributed by atoms with E-state index in [-0.39, 0.29) is 34.9 Å². The molecule has 4 aromatic rings.